The normalized spacial score (nSPS) is 10.2. The van der Waals surface area contributed by atoms with Crippen LogP contribution < -0.4 is 4.74 Å². The molecule has 0 aliphatic rings. The van der Waals surface area contributed by atoms with Gasteiger partial charge in [0.15, 0.2) is 0 Å². The maximum atomic E-state index is 10.5. The standard InChI is InChI=1S/C12H15BrO3/c1-7-6-9(4-5-10(14)15)8(2)12(16-3)11(7)13/h6H,4-5H2,1-3H3,(H,14,15). The number of carboxylic acid groups (broad SMARTS) is 1. The van der Waals surface area contributed by atoms with E-state index in [0.29, 0.717) is 6.42 Å². The topological polar surface area (TPSA) is 46.5 Å². The minimum atomic E-state index is -0.779. The van der Waals surface area contributed by atoms with E-state index in [1.165, 1.54) is 0 Å². The molecule has 0 atom stereocenters. The summed E-state index contributed by atoms with van der Waals surface area (Å²) in [6.07, 6.45) is 0.677. The summed E-state index contributed by atoms with van der Waals surface area (Å²) in [5.74, 6) is 0.0133. The zero-order valence-electron chi connectivity index (χ0n) is 9.63. The molecule has 88 valence electrons. The Hall–Kier alpha value is -1.03. The van der Waals surface area contributed by atoms with Gasteiger partial charge in [0.25, 0.3) is 0 Å². The number of hydrogen-bond donors (Lipinski definition) is 1. The molecule has 3 nitrogen and oxygen atoms in total. The van der Waals surface area contributed by atoms with E-state index in [-0.39, 0.29) is 6.42 Å². The molecule has 1 aromatic rings. The molecule has 0 fully saturated rings. The largest absolute Gasteiger partial charge is 0.495 e. The Balaban J connectivity index is 3.10. The second kappa shape index (κ2) is 5.34. The Labute approximate surface area is 104 Å². The van der Waals surface area contributed by atoms with Gasteiger partial charge in [-0.15, -0.1) is 0 Å². The number of rotatable bonds is 4. The van der Waals surface area contributed by atoms with Crippen LogP contribution in [0.25, 0.3) is 0 Å². The first-order chi connectivity index (χ1) is 7.47. The van der Waals surface area contributed by atoms with Crippen LogP contribution in [-0.2, 0) is 11.2 Å². The van der Waals surface area contributed by atoms with Gasteiger partial charge in [0.2, 0.25) is 0 Å². The number of methoxy groups -OCH3 is 1. The van der Waals surface area contributed by atoms with Gasteiger partial charge < -0.3 is 9.84 Å². The van der Waals surface area contributed by atoms with Gasteiger partial charge in [-0.05, 0) is 52.9 Å². The summed E-state index contributed by atoms with van der Waals surface area (Å²) in [6.45, 7) is 3.91. The molecule has 1 N–H and O–H groups in total. The highest BCUT2D eigenvalue weighted by Crippen LogP contribution is 2.34. The first-order valence-electron chi connectivity index (χ1n) is 5.01. The molecule has 0 saturated carbocycles. The van der Waals surface area contributed by atoms with Crippen LogP contribution in [-0.4, -0.2) is 18.2 Å². The van der Waals surface area contributed by atoms with Crippen molar-refractivity contribution in [2.24, 2.45) is 0 Å². The van der Waals surface area contributed by atoms with Gasteiger partial charge in [-0.3, -0.25) is 4.79 Å². The summed E-state index contributed by atoms with van der Waals surface area (Å²) in [4.78, 5) is 10.5. The van der Waals surface area contributed by atoms with Crippen LogP contribution in [0.3, 0.4) is 0 Å². The van der Waals surface area contributed by atoms with Crippen molar-refractivity contribution < 1.29 is 14.6 Å². The molecule has 0 aliphatic carbocycles. The summed E-state index contributed by atoms with van der Waals surface area (Å²) in [5, 5.41) is 8.68. The SMILES string of the molecule is COc1c(C)c(CCC(=O)O)cc(C)c1Br. The molecule has 0 heterocycles. The highest BCUT2D eigenvalue weighted by molar-refractivity contribution is 9.10. The fraction of sp³-hybridized carbons (Fsp3) is 0.417. The molecule has 0 aromatic heterocycles. The first-order valence-corrected chi connectivity index (χ1v) is 5.81. The average molecular weight is 287 g/mol. The number of halogens is 1. The number of carbonyl (C=O) groups is 1. The lowest BCUT2D eigenvalue weighted by Crippen LogP contribution is -2.01. The molecule has 0 radical (unpaired) electrons. The van der Waals surface area contributed by atoms with Crippen molar-refractivity contribution >= 4 is 21.9 Å². The fourth-order valence-electron chi connectivity index (χ4n) is 1.67. The molecular weight excluding hydrogens is 272 g/mol. The van der Waals surface area contributed by atoms with E-state index in [9.17, 15) is 4.79 Å². The zero-order chi connectivity index (χ0) is 12.3. The minimum Gasteiger partial charge on any atom is -0.495 e. The molecule has 0 aliphatic heterocycles. The summed E-state index contributed by atoms with van der Waals surface area (Å²) < 4.78 is 6.25. The van der Waals surface area contributed by atoms with Gasteiger partial charge in [0.05, 0.1) is 11.6 Å². The smallest absolute Gasteiger partial charge is 0.303 e. The molecule has 0 bridgehead atoms. The molecular formula is C12H15BrO3. The van der Waals surface area contributed by atoms with E-state index < -0.39 is 5.97 Å². The number of aryl methyl sites for hydroxylation is 2. The highest BCUT2D eigenvalue weighted by atomic mass is 79.9. The Morgan fingerprint density at radius 1 is 1.50 bits per heavy atom. The van der Waals surface area contributed by atoms with Gasteiger partial charge in [0.1, 0.15) is 5.75 Å². The lowest BCUT2D eigenvalue weighted by molar-refractivity contribution is -0.136. The third-order valence-corrected chi connectivity index (χ3v) is 3.56. The van der Waals surface area contributed by atoms with Gasteiger partial charge in [-0.1, -0.05) is 6.07 Å². The molecule has 0 spiro atoms. The van der Waals surface area contributed by atoms with E-state index in [1.807, 2.05) is 19.9 Å². The predicted molar refractivity (Wildman–Crippen MR) is 66.1 cm³/mol. The summed E-state index contributed by atoms with van der Waals surface area (Å²) in [5.41, 5.74) is 3.09. The van der Waals surface area contributed by atoms with Crippen molar-refractivity contribution in [2.75, 3.05) is 7.11 Å². The molecule has 1 rings (SSSR count). The molecule has 0 amide bonds. The van der Waals surface area contributed by atoms with Crippen LogP contribution in [0.1, 0.15) is 23.1 Å². The van der Waals surface area contributed by atoms with Gasteiger partial charge in [-0.2, -0.15) is 0 Å². The maximum absolute atomic E-state index is 10.5. The third kappa shape index (κ3) is 2.76. The quantitative estimate of drug-likeness (QED) is 0.925. The van der Waals surface area contributed by atoms with E-state index >= 15 is 0 Å². The Morgan fingerprint density at radius 2 is 2.12 bits per heavy atom. The summed E-state index contributed by atoms with van der Waals surface area (Å²) >= 11 is 3.46. The second-order valence-electron chi connectivity index (χ2n) is 3.72. The third-order valence-electron chi connectivity index (χ3n) is 2.57. The second-order valence-corrected chi connectivity index (χ2v) is 4.51. The number of aliphatic carboxylic acids is 1. The lowest BCUT2D eigenvalue weighted by atomic mass is 10.0. The van der Waals surface area contributed by atoms with Crippen LogP contribution >= 0.6 is 15.9 Å². The van der Waals surface area contributed by atoms with E-state index in [0.717, 1.165) is 26.9 Å². The average Bonchev–Trinajstić information content (AvgIpc) is 2.22. The number of carboxylic acids is 1. The fourth-order valence-corrected chi connectivity index (χ4v) is 2.24. The Kier molecular flexibility index (Phi) is 4.35. The van der Waals surface area contributed by atoms with Crippen molar-refractivity contribution in [1.82, 2.24) is 0 Å². The maximum Gasteiger partial charge on any atom is 0.303 e. The van der Waals surface area contributed by atoms with E-state index in [1.54, 1.807) is 7.11 Å². The Bertz CT molecular complexity index is 413. The molecule has 16 heavy (non-hydrogen) atoms. The van der Waals surface area contributed by atoms with Crippen LogP contribution in [0.4, 0.5) is 0 Å². The Morgan fingerprint density at radius 3 is 2.62 bits per heavy atom. The van der Waals surface area contributed by atoms with Gasteiger partial charge in [0, 0.05) is 6.42 Å². The van der Waals surface area contributed by atoms with Gasteiger partial charge in [-0.25, -0.2) is 0 Å². The monoisotopic (exact) mass is 286 g/mol. The summed E-state index contributed by atoms with van der Waals surface area (Å²) in [7, 11) is 1.62. The number of benzene rings is 1. The van der Waals surface area contributed by atoms with E-state index in [2.05, 4.69) is 15.9 Å². The van der Waals surface area contributed by atoms with Crippen molar-refractivity contribution in [2.45, 2.75) is 26.7 Å². The van der Waals surface area contributed by atoms with Crippen molar-refractivity contribution in [3.8, 4) is 5.75 Å². The van der Waals surface area contributed by atoms with Crippen molar-refractivity contribution in [3.63, 3.8) is 0 Å². The summed E-state index contributed by atoms with van der Waals surface area (Å²) in [6, 6.07) is 2.00. The van der Waals surface area contributed by atoms with Crippen LogP contribution in [0, 0.1) is 13.8 Å². The van der Waals surface area contributed by atoms with Crippen molar-refractivity contribution in [1.29, 1.82) is 0 Å². The zero-order valence-corrected chi connectivity index (χ0v) is 11.2. The van der Waals surface area contributed by atoms with Gasteiger partial charge >= 0.3 is 5.97 Å². The molecule has 4 heteroatoms. The van der Waals surface area contributed by atoms with Crippen LogP contribution in [0.15, 0.2) is 10.5 Å². The molecule has 1 aromatic carbocycles. The lowest BCUT2D eigenvalue weighted by Gasteiger charge is -2.14. The number of ether oxygens (including phenoxy) is 1. The molecule has 0 unspecified atom stereocenters. The number of hydrogen-bond acceptors (Lipinski definition) is 2. The highest BCUT2D eigenvalue weighted by Gasteiger charge is 2.12. The minimum absolute atomic E-state index is 0.144. The predicted octanol–water partition coefficient (Wildman–Crippen LogP) is 3.09. The molecule has 0 saturated heterocycles. The van der Waals surface area contributed by atoms with Crippen LogP contribution in [0.5, 0.6) is 5.75 Å². The van der Waals surface area contributed by atoms with Crippen LogP contribution in [0.2, 0.25) is 0 Å². The first kappa shape index (κ1) is 13.0. The van der Waals surface area contributed by atoms with Crippen molar-refractivity contribution in [3.05, 3.63) is 27.2 Å². The van der Waals surface area contributed by atoms with E-state index in [4.69, 9.17) is 9.84 Å².